The van der Waals surface area contributed by atoms with E-state index in [2.05, 4.69) is 49.7 Å². The molecule has 0 aromatic heterocycles. The van der Waals surface area contributed by atoms with E-state index in [9.17, 15) is 0 Å². The number of hydrogen-bond acceptors (Lipinski definition) is 3. The van der Waals surface area contributed by atoms with Gasteiger partial charge in [0.25, 0.3) is 0 Å². The fourth-order valence-electron chi connectivity index (χ4n) is 2.04. The minimum atomic E-state index is -0.335. The third-order valence-corrected chi connectivity index (χ3v) is 4.27. The van der Waals surface area contributed by atoms with Crippen LogP contribution in [0.1, 0.15) is 33.3 Å². The van der Waals surface area contributed by atoms with Gasteiger partial charge in [-0.05, 0) is 50.9 Å². The first-order valence-electron chi connectivity index (χ1n) is 6.39. The van der Waals surface area contributed by atoms with Crippen molar-refractivity contribution in [3.63, 3.8) is 0 Å². The smallest absolute Gasteiger partial charge is 0.399 e. The topological polar surface area (TPSA) is 27.7 Å². The molecule has 0 saturated carbocycles. The molecule has 1 saturated heterocycles. The van der Waals surface area contributed by atoms with Crippen LogP contribution in [0.15, 0.2) is 22.7 Å². The van der Waals surface area contributed by atoms with Gasteiger partial charge in [0.2, 0.25) is 0 Å². The highest BCUT2D eigenvalue weighted by atomic mass is 79.9. The molecule has 0 unspecified atom stereocenters. The van der Waals surface area contributed by atoms with Gasteiger partial charge in [-0.2, -0.15) is 0 Å². The van der Waals surface area contributed by atoms with Crippen LogP contribution in [0.3, 0.4) is 0 Å². The Morgan fingerprint density at radius 1 is 1.11 bits per heavy atom. The van der Waals surface area contributed by atoms with Gasteiger partial charge in [0.1, 0.15) is 0 Å². The third kappa shape index (κ3) is 3.05. The van der Waals surface area contributed by atoms with Crippen LogP contribution in [0, 0.1) is 0 Å². The molecule has 1 aromatic rings. The molecule has 0 N–H and O–H groups in total. The van der Waals surface area contributed by atoms with Crippen LogP contribution in [0.2, 0.25) is 0 Å². The van der Waals surface area contributed by atoms with Gasteiger partial charge in [-0.1, -0.05) is 22.0 Å². The molecule has 2 rings (SSSR count). The van der Waals surface area contributed by atoms with Crippen LogP contribution in [-0.4, -0.2) is 25.4 Å². The predicted molar refractivity (Wildman–Crippen MR) is 80.6 cm³/mol. The molecule has 0 atom stereocenters. The molecule has 0 amide bonds. The lowest BCUT2D eigenvalue weighted by Crippen LogP contribution is -2.41. The molecule has 1 aliphatic rings. The number of rotatable bonds is 3. The van der Waals surface area contributed by atoms with Gasteiger partial charge in [0, 0.05) is 11.6 Å². The van der Waals surface area contributed by atoms with Crippen molar-refractivity contribution in [3.8, 4) is 0 Å². The van der Waals surface area contributed by atoms with E-state index >= 15 is 0 Å². The van der Waals surface area contributed by atoms with Crippen LogP contribution < -0.4 is 5.46 Å². The standard InChI is InChI=1S/C14H20BBrO3/c1-13(2)14(3,4)19-15(18-13)11-6-10(9-17-5)7-12(16)8-11/h6-8H,9H2,1-5H3. The van der Waals surface area contributed by atoms with Gasteiger partial charge in [0.15, 0.2) is 0 Å². The molecule has 1 fully saturated rings. The van der Waals surface area contributed by atoms with E-state index < -0.39 is 0 Å². The van der Waals surface area contributed by atoms with E-state index in [0.717, 1.165) is 15.5 Å². The van der Waals surface area contributed by atoms with Gasteiger partial charge in [-0.25, -0.2) is 0 Å². The Balaban J connectivity index is 2.29. The second-order valence-electron chi connectivity index (χ2n) is 5.91. The number of hydrogen-bond donors (Lipinski definition) is 0. The summed E-state index contributed by atoms with van der Waals surface area (Å²) < 4.78 is 18.3. The SMILES string of the molecule is COCc1cc(Br)cc(B2OC(C)(C)C(C)(C)O2)c1. The van der Waals surface area contributed by atoms with Crippen molar-refractivity contribution in [1.29, 1.82) is 0 Å². The minimum absolute atomic E-state index is 0.318. The highest BCUT2D eigenvalue weighted by Crippen LogP contribution is 2.36. The summed E-state index contributed by atoms with van der Waals surface area (Å²) in [6.45, 7) is 8.80. The summed E-state index contributed by atoms with van der Waals surface area (Å²) >= 11 is 3.52. The van der Waals surface area contributed by atoms with Crippen molar-refractivity contribution in [2.24, 2.45) is 0 Å². The first-order chi connectivity index (χ1) is 8.75. The zero-order valence-corrected chi connectivity index (χ0v) is 13.7. The fourth-order valence-corrected chi connectivity index (χ4v) is 2.60. The summed E-state index contributed by atoms with van der Waals surface area (Å²) in [7, 11) is 1.35. The zero-order chi connectivity index (χ0) is 14.3. The van der Waals surface area contributed by atoms with Gasteiger partial charge in [-0.15, -0.1) is 0 Å². The van der Waals surface area contributed by atoms with E-state index in [1.165, 1.54) is 0 Å². The Hall–Kier alpha value is -0.355. The molecular weight excluding hydrogens is 307 g/mol. The van der Waals surface area contributed by atoms with Crippen molar-refractivity contribution in [2.45, 2.75) is 45.5 Å². The maximum absolute atomic E-state index is 6.05. The maximum atomic E-state index is 6.05. The monoisotopic (exact) mass is 326 g/mol. The van der Waals surface area contributed by atoms with Crippen LogP contribution in [0.5, 0.6) is 0 Å². The van der Waals surface area contributed by atoms with Crippen molar-refractivity contribution >= 4 is 28.5 Å². The molecule has 0 spiro atoms. The predicted octanol–water partition coefficient (Wildman–Crippen LogP) is 2.89. The van der Waals surface area contributed by atoms with Crippen molar-refractivity contribution < 1.29 is 14.0 Å². The van der Waals surface area contributed by atoms with Crippen LogP contribution in [-0.2, 0) is 20.7 Å². The van der Waals surface area contributed by atoms with Crippen molar-refractivity contribution in [1.82, 2.24) is 0 Å². The van der Waals surface area contributed by atoms with E-state index in [-0.39, 0.29) is 18.3 Å². The number of halogens is 1. The average Bonchev–Trinajstić information content (AvgIpc) is 2.48. The Morgan fingerprint density at radius 3 is 2.21 bits per heavy atom. The molecule has 104 valence electrons. The molecule has 5 heteroatoms. The van der Waals surface area contributed by atoms with Crippen LogP contribution in [0.4, 0.5) is 0 Å². The Kier molecular flexibility index (Phi) is 4.12. The van der Waals surface area contributed by atoms with Crippen molar-refractivity contribution in [2.75, 3.05) is 7.11 Å². The molecule has 0 bridgehead atoms. The zero-order valence-electron chi connectivity index (χ0n) is 12.1. The van der Waals surface area contributed by atoms with Gasteiger partial charge in [-0.3, -0.25) is 0 Å². The summed E-state index contributed by atoms with van der Waals surface area (Å²) in [4.78, 5) is 0. The molecule has 0 aliphatic carbocycles. The largest absolute Gasteiger partial charge is 0.494 e. The fraction of sp³-hybridized carbons (Fsp3) is 0.571. The van der Waals surface area contributed by atoms with Crippen LogP contribution >= 0.6 is 15.9 Å². The first-order valence-corrected chi connectivity index (χ1v) is 7.18. The number of ether oxygens (including phenoxy) is 1. The lowest BCUT2D eigenvalue weighted by molar-refractivity contribution is 0.00578. The lowest BCUT2D eigenvalue weighted by atomic mass is 9.78. The highest BCUT2D eigenvalue weighted by molar-refractivity contribution is 9.10. The Bertz CT molecular complexity index is 458. The second kappa shape index (κ2) is 5.21. The average molecular weight is 327 g/mol. The van der Waals surface area contributed by atoms with Gasteiger partial charge >= 0.3 is 7.12 Å². The van der Waals surface area contributed by atoms with E-state index in [1.807, 2.05) is 12.1 Å². The summed E-state index contributed by atoms with van der Waals surface area (Å²) in [6.07, 6.45) is 0. The van der Waals surface area contributed by atoms with Gasteiger partial charge < -0.3 is 14.0 Å². The summed E-state index contributed by atoms with van der Waals surface area (Å²) in [5.41, 5.74) is 1.48. The van der Waals surface area contributed by atoms with Crippen LogP contribution in [0.25, 0.3) is 0 Å². The minimum Gasteiger partial charge on any atom is -0.399 e. The molecule has 3 nitrogen and oxygen atoms in total. The molecule has 1 aliphatic heterocycles. The molecule has 1 heterocycles. The Morgan fingerprint density at radius 2 is 1.68 bits per heavy atom. The van der Waals surface area contributed by atoms with E-state index in [4.69, 9.17) is 14.0 Å². The Labute approximate surface area is 123 Å². The third-order valence-electron chi connectivity index (χ3n) is 3.82. The molecule has 19 heavy (non-hydrogen) atoms. The lowest BCUT2D eigenvalue weighted by Gasteiger charge is -2.32. The first kappa shape index (κ1) is 15.0. The second-order valence-corrected chi connectivity index (χ2v) is 6.83. The molecule has 1 aromatic carbocycles. The number of methoxy groups -OCH3 is 1. The normalized spacial score (nSPS) is 20.8. The summed E-state index contributed by atoms with van der Waals surface area (Å²) in [5, 5.41) is 0. The summed E-state index contributed by atoms with van der Waals surface area (Å²) in [5.74, 6) is 0. The number of benzene rings is 1. The van der Waals surface area contributed by atoms with Crippen molar-refractivity contribution in [3.05, 3.63) is 28.2 Å². The molecule has 0 radical (unpaired) electrons. The summed E-state index contributed by atoms with van der Waals surface area (Å²) in [6, 6.07) is 6.13. The van der Waals surface area contributed by atoms with E-state index in [0.29, 0.717) is 6.61 Å². The quantitative estimate of drug-likeness (QED) is 0.799. The molecular formula is C14H20BBrO3. The highest BCUT2D eigenvalue weighted by Gasteiger charge is 2.51. The maximum Gasteiger partial charge on any atom is 0.494 e. The van der Waals surface area contributed by atoms with E-state index in [1.54, 1.807) is 7.11 Å². The van der Waals surface area contributed by atoms with Gasteiger partial charge in [0.05, 0.1) is 17.8 Å².